The fraction of sp³-hybridized carbons (Fsp3) is 0.417. The maximum absolute atomic E-state index is 12.9. The van der Waals surface area contributed by atoms with Crippen LogP contribution < -0.4 is 0 Å². The summed E-state index contributed by atoms with van der Waals surface area (Å²) < 4.78 is 12.9. The first-order chi connectivity index (χ1) is 6.74. The van der Waals surface area contributed by atoms with Crippen molar-refractivity contribution in [3.63, 3.8) is 0 Å². The lowest BCUT2D eigenvalue weighted by Gasteiger charge is -2.07. The van der Waals surface area contributed by atoms with Crippen LogP contribution in [0.25, 0.3) is 0 Å². The molecule has 0 aromatic heterocycles. The van der Waals surface area contributed by atoms with Crippen LogP contribution in [0.15, 0.2) is 24.3 Å². The van der Waals surface area contributed by atoms with Crippen molar-refractivity contribution >= 4 is 5.78 Å². The third kappa shape index (κ3) is 2.19. The largest absolute Gasteiger partial charge is 0.300 e. The minimum atomic E-state index is -0.188. The maximum Gasteiger partial charge on any atom is 0.133 e. The second-order valence-corrected chi connectivity index (χ2v) is 3.98. The number of benzene rings is 1. The lowest BCUT2D eigenvalue weighted by molar-refractivity contribution is -0.117. The predicted molar refractivity (Wildman–Crippen MR) is 52.5 cm³/mol. The van der Waals surface area contributed by atoms with Crippen molar-refractivity contribution in [1.29, 1.82) is 0 Å². The Morgan fingerprint density at radius 1 is 1.43 bits per heavy atom. The number of halogens is 1. The van der Waals surface area contributed by atoms with Crippen molar-refractivity contribution in [2.45, 2.75) is 25.7 Å². The highest BCUT2D eigenvalue weighted by molar-refractivity contribution is 5.80. The van der Waals surface area contributed by atoms with E-state index < -0.39 is 0 Å². The predicted octanol–water partition coefficient (Wildman–Crippen LogP) is 2.74. The van der Waals surface area contributed by atoms with Gasteiger partial charge in [0.05, 0.1) is 0 Å². The SMILES string of the molecule is O=C1CCC(Cc2cccc(F)c2)C1. The van der Waals surface area contributed by atoms with Crippen LogP contribution in [0.1, 0.15) is 24.8 Å². The zero-order chi connectivity index (χ0) is 9.97. The lowest BCUT2D eigenvalue weighted by atomic mass is 9.98. The number of rotatable bonds is 2. The summed E-state index contributed by atoms with van der Waals surface area (Å²) in [5, 5.41) is 0. The molecule has 0 aliphatic heterocycles. The number of carbonyl (C=O) groups is 1. The molecule has 0 radical (unpaired) electrons. The van der Waals surface area contributed by atoms with Crippen molar-refractivity contribution in [3.8, 4) is 0 Å². The summed E-state index contributed by atoms with van der Waals surface area (Å²) in [6, 6.07) is 6.65. The Hall–Kier alpha value is -1.18. The highest BCUT2D eigenvalue weighted by Gasteiger charge is 2.21. The highest BCUT2D eigenvalue weighted by atomic mass is 19.1. The van der Waals surface area contributed by atoms with E-state index in [0.717, 1.165) is 18.4 Å². The molecular formula is C12H13FO. The van der Waals surface area contributed by atoms with Gasteiger partial charge in [0.2, 0.25) is 0 Å². The molecule has 0 saturated heterocycles. The van der Waals surface area contributed by atoms with Crippen molar-refractivity contribution in [3.05, 3.63) is 35.6 Å². The minimum Gasteiger partial charge on any atom is -0.300 e. The van der Waals surface area contributed by atoms with Gasteiger partial charge in [-0.05, 0) is 36.5 Å². The molecule has 0 amide bonds. The average Bonchev–Trinajstić information content (AvgIpc) is 2.51. The van der Waals surface area contributed by atoms with Gasteiger partial charge in [-0.3, -0.25) is 4.79 Å². The summed E-state index contributed by atoms with van der Waals surface area (Å²) in [7, 11) is 0. The zero-order valence-corrected chi connectivity index (χ0v) is 8.00. The minimum absolute atomic E-state index is 0.188. The molecule has 1 unspecified atom stereocenters. The molecule has 1 aromatic rings. The van der Waals surface area contributed by atoms with E-state index in [1.807, 2.05) is 6.07 Å². The van der Waals surface area contributed by atoms with Crippen LogP contribution in [0.2, 0.25) is 0 Å². The van der Waals surface area contributed by atoms with E-state index in [-0.39, 0.29) is 5.82 Å². The lowest BCUT2D eigenvalue weighted by Crippen LogP contribution is -2.00. The summed E-state index contributed by atoms with van der Waals surface area (Å²) in [5.74, 6) is 0.600. The molecule has 2 heteroatoms. The summed E-state index contributed by atoms with van der Waals surface area (Å²) in [6.07, 6.45) is 3.19. The van der Waals surface area contributed by atoms with Gasteiger partial charge in [-0.25, -0.2) is 4.39 Å². The van der Waals surface area contributed by atoms with E-state index in [4.69, 9.17) is 0 Å². The van der Waals surface area contributed by atoms with Gasteiger partial charge in [-0.2, -0.15) is 0 Å². The van der Waals surface area contributed by atoms with Gasteiger partial charge in [0.15, 0.2) is 0 Å². The van der Waals surface area contributed by atoms with E-state index in [0.29, 0.717) is 24.5 Å². The normalized spacial score (nSPS) is 21.5. The van der Waals surface area contributed by atoms with E-state index in [2.05, 4.69) is 0 Å². The first-order valence-corrected chi connectivity index (χ1v) is 5.00. The van der Waals surface area contributed by atoms with E-state index in [1.165, 1.54) is 6.07 Å². The third-order valence-corrected chi connectivity index (χ3v) is 2.76. The number of Topliss-reactive ketones (excluding diaryl/α,β-unsaturated/α-hetero) is 1. The van der Waals surface area contributed by atoms with Crippen molar-refractivity contribution < 1.29 is 9.18 Å². The second-order valence-electron chi connectivity index (χ2n) is 3.98. The molecule has 1 atom stereocenters. The van der Waals surface area contributed by atoms with Crippen LogP contribution in [0.4, 0.5) is 4.39 Å². The molecule has 0 spiro atoms. The molecule has 1 fully saturated rings. The maximum atomic E-state index is 12.9. The number of carbonyl (C=O) groups excluding carboxylic acids is 1. The molecule has 0 N–H and O–H groups in total. The monoisotopic (exact) mass is 192 g/mol. The van der Waals surface area contributed by atoms with E-state index >= 15 is 0 Å². The third-order valence-electron chi connectivity index (χ3n) is 2.76. The highest BCUT2D eigenvalue weighted by Crippen LogP contribution is 2.25. The molecule has 74 valence electrons. The topological polar surface area (TPSA) is 17.1 Å². The van der Waals surface area contributed by atoms with Crippen LogP contribution in [0.3, 0.4) is 0 Å². The average molecular weight is 192 g/mol. The van der Waals surface area contributed by atoms with Crippen LogP contribution >= 0.6 is 0 Å². The van der Waals surface area contributed by atoms with Gasteiger partial charge in [0.1, 0.15) is 11.6 Å². The molecule has 1 saturated carbocycles. The summed E-state index contributed by atoms with van der Waals surface area (Å²) in [6.45, 7) is 0. The molecule has 1 aliphatic rings. The Kier molecular flexibility index (Phi) is 2.62. The second kappa shape index (κ2) is 3.91. The Labute approximate surface area is 82.9 Å². The molecule has 1 nitrogen and oxygen atoms in total. The van der Waals surface area contributed by atoms with Crippen LogP contribution in [0.5, 0.6) is 0 Å². The van der Waals surface area contributed by atoms with Gasteiger partial charge < -0.3 is 0 Å². The first kappa shape index (κ1) is 9.38. The van der Waals surface area contributed by atoms with Crippen LogP contribution in [0, 0.1) is 11.7 Å². The molecule has 1 aromatic carbocycles. The van der Waals surface area contributed by atoms with Crippen molar-refractivity contribution in [2.24, 2.45) is 5.92 Å². The Morgan fingerprint density at radius 2 is 2.29 bits per heavy atom. The van der Waals surface area contributed by atoms with Crippen molar-refractivity contribution in [2.75, 3.05) is 0 Å². The number of ketones is 1. The summed E-state index contributed by atoms with van der Waals surface area (Å²) in [5.41, 5.74) is 1.00. The Morgan fingerprint density at radius 3 is 2.93 bits per heavy atom. The fourth-order valence-corrected chi connectivity index (χ4v) is 2.06. The van der Waals surface area contributed by atoms with Gasteiger partial charge in [-0.1, -0.05) is 12.1 Å². The molecule has 0 bridgehead atoms. The zero-order valence-electron chi connectivity index (χ0n) is 8.00. The van der Waals surface area contributed by atoms with Gasteiger partial charge in [0, 0.05) is 12.8 Å². The Bertz CT molecular complexity index is 346. The quantitative estimate of drug-likeness (QED) is 0.704. The fourth-order valence-electron chi connectivity index (χ4n) is 2.06. The smallest absolute Gasteiger partial charge is 0.133 e. The van der Waals surface area contributed by atoms with Gasteiger partial charge in [0.25, 0.3) is 0 Å². The van der Waals surface area contributed by atoms with Crippen LogP contribution in [-0.4, -0.2) is 5.78 Å². The molecule has 0 heterocycles. The standard InChI is InChI=1S/C12H13FO/c13-11-3-1-2-9(7-11)6-10-4-5-12(14)8-10/h1-3,7,10H,4-6,8H2. The summed E-state index contributed by atoms with van der Waals surface area (Å²) >= 11 is 0. The van der Waals surface area contributed by atoms with Crippen LogP contribution in [-0.2, 0) is 11.2 Å². The summed E-state index contributed by atoms with van der Waals surface area (Å²) in [4.78, 5) is 11.0. The van der Waals surface area contributed by atoms with E-state index in [1.54, 1.807) is 12.1 Å². The number of hydrogen-bond donors (Lipinski definition) is 0. The molecule has 1 aliphatic carbocycles. The van der Waals surface area contributed by atoms with Crippen molar-refractivity contribution in [1.82, 2.24) is 0 Å². The number of hydrogen-bond acceptors (Lipinski definition) is 1. The van der Waals surface area contributed by atoms with E-state index in [9.17, 15) is 9.18 Å². The van der Waals surface area contributed by atoms with Gasteiger partial charge in [-0.15, -0.1) is 0 Å². The van der Waals surface area contributed by atoms with Gasteiger partial charge >= 0.3 is 0 Å². The molecule has 2 rings (SSSR count). The molecule has 14 heavy (non-hydrogen) atoms. The Balaban J connectivity index is 2.00. The molecular weight excluding hydrogens is 179 g/mol. The first-order valence-electron chi connectivity index (χ1n) is 5.00.